The third-order valence-corrected chi connectivity index (χ3v) is 4.99. The number of fused-ring (bicyclic) bond motifs is 1. The van der Waals surface area contributed by atoms with E-state index < -0.39 is 0 Å². The molecule has 1 aliphatic rings. The van der Waals surface area contributed by atoms with Gasteiger partial charge in [-0.2, -0.15) is 0 Å². The SMILES string of the molecule is Cc1c(C2(CN)COC2)sc2ccccc12. The van der Waals surface area contributed by atoms with Gasteiger partial charge in [0.25, 0.3) is 0 Å². The molecule has 2 nitrogen and oxygen atoms in total. The van der Waals surface area contributed by atoms with Gasteiger partial charge >= 0.3 is 0 Å². The van der Waals surface area contributed by atoms with Crippen LogP contribution in [0, 0.1) is 6.92 Å². The lowest BCUT2D eigenvalue weighted by atomic mass is 9.82. The highest BCUT2D eigenvalue weighted by Gasteiger charge is 2.41. The van der Waals surface area contributed by atoms with Crippen molar-refractivity contribution in [2.75, 3.05) is 19.8 Å². The maximum absolute atomic E-state index is 5.92. The van der Waals surface area contributed by atoms with Crippen LogP contribution in [0.25, 0.3) is 10.1 Å². The Labute approximate surface area is 99.0 Å². The number of ether oxygens (including phenoxy) is 1. The summed E-state index contributed by atoms with van der Waals surface area (Å²) in [6, 6.07) is 8.56. The molecule has 0 bridgehead atoms. The molecule has 84 valence electrons. The largest absolute Gasteiger partial charge is 0.379 e. The Morgan fingerprint density at radius 3 is 2.69 bits per heavy atom. The number of rotatable bonds is 2. The second-order valence-corrected chi connectivity index (χ2v) is 5.58. The topological polar surface area (TPSA) is 35.2 Å². The molecule has 0 unspecified atom stereocenters. The Kier molecular flexibility index (Phi) is 2.28. The fourth-order valence-corrected chi connectivity index (χ4v) is 3.75. The van der Waals surface area contributed by atoms with Gasteiger partial charge in [-0.05, 0) is 23.9 Å². The van der Waals surface area contributed by atoms with E-state index in [1.54, 1.807) is 0 Å². The molecule has 2 aromatic rings. The minimum absolute atomic E-state index is 0.0910. The molecule has 0 atom stereocenters. The number of aryl methyl sites for hydroxylation is 1. The normalized spacial score (nSPS) is 18.6. The smallest absolute Gasteiger partial charge is 0.0639 e. The van der Waals surface area contributed by atoms with Crippen molar-refractivity contribution in [1.82, 2.24) is 0 Å². The average molecular weight is 233 g/mol. The summed E-state index contributed by atoms with van der Waals surface area (Å²) in [7, 11) is 0. The summed E-state index contributed by atoms with van der Waals surface area (Å²) in [5, 5.41) is 1.36. The fraction of sp³-hybridized carbons (Fsp3) is 0.385. The highest BCUT2D eigenvalue weighted by atomic mass is 32.1. The molecule has 3 rings (SSSR count). The van der Waals surface area contributed by atoms with E-state index in [9.17, 15) is 0 Å². The van der Waals surface area contributed by atoms with E-state index >= 15 is 0 Å². The van der Waals surface area contributed by atoms with Crippen LogP contribution in [0.1, 0.15) is 10.4 Å². The van der Waals surface area contributed by atoms with Crippen LogP contribution < -0.4 is 5.73 Å². The van der Waals surface area contributed by atoms with Gasteiger partial charge in [0, 0.05) is 16.1 Å². The molecule has 1 aromatic carbocycles. The van der Waals surface area contributed by atoms with Crippen LogP contribution in [0.5, 0.6) is 0 Å². The van der Waals surface area contributed by atoms with Gasteiger partial charge in [0.15, 0.2) is 0 Å². The lowest BCUT2D eigenvalue weighted by molar-refractivity contribution is -0.0534. The van der Waals surface area contributed by atoms with E-state index in [-0.39, 0.29) is 5.41 Å². The molecule has 2 heterocycles. The maximum Gasteiger partial charge on any atom is 0.0639 e. The van der Waals surface area contributed by atoms with E-state index in [2.05, 4.69) is 31.2 Å². The van der Waals surface area contributed by atoms with Crippen LogP contribution >= 0.6 is 11.3 Å². The van der Waals surface area contributed by atoms with E-state index in [0.717, 1.165) is 13.2 Å². The number of benzene rings is 1. The van der Waals surface area contributed by atoms with Gasteiger partial charge in [0.05, 0.1) is 18.6 Å². The highest BCUT2D eigenvalue weighted by Crippen LogP contribution is 2.41. The van der Waals surface area contributed by atoms with Gasteiger partial charge in [-0.1, -0.05) is 18.2 Å². The zero-order valence-corrected chi connectivity index (χ0v) is 10.1. The van der Waals surface area contributed by atoms with Gasteiger partial charge < -0.3 is 10.5 Å². The Morgan fingerprint density at radius 2 is 2.12 bits per heavy atom. The third kappa shape index (κ3) is 1.25. The van der Waals surface area contributed by atoms with Crippen LogP contribution in [0.2, 0.25) is 0 Å². The molecule has 2 N–H and O–H groups in total. The minimum Gasteiger partial charge on any atom is -0.379 e. The fourth-order valence-electron chi connectivity index (χ4n) is 2.37. The van der Waals surface area contributed by atoms with Crippen molar-refractivity contribution >= 4 is 21.4 Å². The zero-order valence-electron chi connectivity index (χ0n) is 9.32. The van der Waals surface area contributed by atoms with Gasteiger partial charge in [-0.3, -0.25) is 0 Å². The van der Waals surface area contributed by atoms with Crippen molar-refractivity contribution < 1.29 is 4.74 Å². The Bertz CT molecular complexity index is 522. The number of hydrogen-bond acceptors (Lipinski definition) is 3. The maximum atomic E-state index is 5.92. The first-order valence-electron chi connectivity index (χ1n) is 5.53. The summed E-state index contributed by atoms with van der Waals surface area (Å²) < 4.78 is 6.72. The summed E-state index contributed by atoms with van der Waals surface area (Å²) in [5.41, 5.74) is 7.39. The second kappa shape index (κ2) is 3.55. The van der Waals surface area contributed by atoms with Gasteiger partial charge in [0.2, 0.25) is 0 Å². The van der Waals surface area contributed by atoms with Crippen molar-refractivity contribution in [2.24, 2.45) is 5.73 Å². The van der Waals surface area contributed by atoms with E-state index in [4.69, 9.17) is 10.5 Å². The Balaban J connectivity index is 2.20. The van der Waals surface area contributed by atoms with Crippen LogP contribution in [-0.4, -0.2) is 19.8 Å². The van der Waals surface area contributed by atoms with Crippen molar-refractivity contribution in [2.45, 2.75) is 12.3 Å². The second-order valence-electron chi connectivity index (χ2n) is 4.53. The lowest BCUT2D eigenvalue weighted by Gasteiger charge is -2.40. The van der Waals surface area contributed by atoms with Crippen molar-refractivity contribution in [3.63, 3.8) is 0 Å². The monoisotopic (exact) mass is 233 g/mol. The molecule has 0 radical (unpaired) electrons. The van der Waals surface area contributed by atoms with E-state index in [1.165, 1.54) is 20.5 Å². The predicted octanol–water partition coefficient (Wildman–Crippen LogP) is 2.44. The lowest BCUT2D eigenvalue weighted by Crippen LogP contribution is -2.52. The van der Waals surface area contributed by atoms with Gasteiger partial charge in [-0.25, -0.2) is 0 Å². The van der Waals surface area contributed by atoms with E-state index in [1.807, 2.05) is 11.3 Å². The molecule has 0 saturated carbocycles. The number of hydrogen-bond donors (Lipinski definition) is 1. The molecule has 1 fully saturated rings. The van der Waals surface area contributed by atoms with Crippen LogP contribution in [0.4, 0.5) is 0 Å². The third-order valence-electron chi connectivity index (χ3n) is 3.47. The quantitative estimate of drug-likeness (QED) is 0.864. The molecule has 0 amide bonds. The van der Waals surface area contributed by atoms with Crippen LogP contribution in [-0.2, 0) is 10.2 Å². The molecule has 1 aromatic heterocycles. The number of thiophene rings is 1. The van der Waals surface area contributed by atoms with Gasteiger partial charge in [-0.15, -0.1) is 11.3 Å². The minimum atomic E-state index is 0.0910. The zero-order chi connectivity index (χ0) is 11.2. The molecule has 0 aliphatic carbocycles. The summed E-state index contributed by atoms with van der Waals surface area (Å²) in [6.45, 7) is 4.43. The van der Waals surface area contributed by atoms with E-state index in [0.29, 0.717) is 6.54 Å². The molecular formula is C13H15NOS. The van der Waals surface area contributed by atoms with Crippen molar-refractivity contribution in [3.05, 3.63) is 34.7 Å². The molecule has 1 saturated heterocycles. The molecule has 1 aliphatic heterocycles. The average Bonchev–Trinajstić information content (AvgIpc) is 2.57. The molecule has 16 heavy (non-hydrogen) atoms. The summed E-state index contributed by atoms with van der Waals surface area (Å²) in [4.78, 5) is 1.42. The molecule has 3 heteroatoms. The number of nitrogens with two attached hydrogens (primary N) is 1. The van der Waals surface area contributed by atoms with Crippen molar-refractivity contribution in [3.8, 4) is 0 Å². The Hall–Kier alpha value is -0.900. The van der Waals surface area contributed by atoms with Crippen molar-refractivity contribution in [1.29, 1.82) is 0 Å². The standard InChI is InChI=1S/C13H15NOS/c1-9-10-4-2-3-5-11(10)16-12(9)13(6-14)7-15-8-13/h2-5H,6-8,14H2,1H3. The highest BCUT2D eigenvalue weighted by molar-refractivity contribution is 7.19. The van der Waals surface area contributed by atoms with Crippen LogP contribution in [0.15, 0.2) is 24.3 Å². The first-order valence-corrected chi connectivity index (χ1v) is 6.35. The summed E-state index contributed by atoms with van der Waals surface area (Å²) in [6.07, 6.45) is 0. The first kappa shape index (κ1) is 10.3. The molecular weight excluding hydrogens is 218 g/mol. The summed E-state index contributed by atoms with van der Waals surface area (Å²) >= 11 is 1.87. The Morgan fingerprint density at radius 1 is 1.38 bits per heavy atom. The predicted molar refractivity (Wildman–Crippen MR) is 68.1 cm³/mol. The molecule has 0 spiro atoms. The summed E-state index contributed by atoms with van der Waals surface area (Å²) in [5.74, 6) is 0. The first-order chi connectivity index (χ1) is 7.77. The van der Waals surface area contributed by atoms with Gasteiger partial charge in [0.1, 0.15) is 0 Å². The van der Waals surface area contributed by atoms with Crippen LogP contribution in [0.3, 0.4) is 0 Å².